The Morgan fingerprint density at radius 2 is 0.956 bits per heavy atom. The molecule has 0 aliphatic rings. The maximum atomic E-state index is 9.46. The van der Waals surface area contributed by atoms with E-state index in [9.17, 15) is 1.37 Å². The summed E-state index contributed by atoms with van der Waals surface area (Å²) in [6.07, 6.45) is 0. The molecule has 0 N–H and O–H groups in total. The van der Waals surface area contributed by atoms with Gasteiger partial charge >= 0.3 is 0 Å². The molecule has 9 rings (SSSR count). The predicted molar refractivity (Wildman–Crippen MR) is 190 cm³/mol. The van der Waals surface area contributed by atoms with E-state index in [1.54, 1.807) is 0 Å². The smallest absolute Gasteiger partial charge is 0.143 e. The van der Waals surface area contributed by atoms with Crippen molar-refractivity contribution in [3.8, 4) is 44.5 Å². The first-order valence-corrected chi connectivity index (χ1v) is 15.1. The molecule has 0 atom stereocenters. The Morgan fingerprint density at radius 3 is 1.62 bits per heavy atom. The first-order chi connectivity index (χ1) is 24.0. The van der Waals surface area contributed by atoms with Crippen molar-refractivity contribution >= 4 is 43.5 Å². The van der Waals surface area contributed by atoms with Crippen molar-refractivity contribution in [1.82, 2.24) is 0 Å². The van der Waals surface area contributed by atoms with Crippen LogP contribution in [0.1, 0.15) is 5.48 Å². The van der Waals surface area contributed by atoms with Gasteiger partial charge in [-0.3, -0.25) is 0 Å². The van der Waals surface area contributed by atoms with Gasteiger partial charge in [0.05, 0.1) is 5.48 Å². The molecular weight excluding hydrogens is 544 g/mol. The molecule has 210 valence electrons. The van der Waals surface area contributed by atoms with Crippen molar-refractivity contribution in [2.24, 2.45) is 0 Å². The van der Waals surface area contributed by atoms with E-state index >= 15 is 0 Å². The minimum atomic E-state index is -0.186. The van der Waals surface area contributed by atoms with Crippen molar-refractivity contribution in [3.05, 3.63) is 170 Å². The molecule has 1 heteroatoms. The minimum Gasteiger partial charge on any atom is -0.455 e. The molecule has 1 aromatic heterocycles. The van der Waals surface area contributed by atoms with Gasteiger partial charge in [0, 0.05) is 16.3 Å². The molecule has 1 nitrogen and oxygen atoms in total. The Labute approximate surface area is 267 Å². The lowest BCUT2D eigenvalue weighted by Crippen LogP contribution is -1.91. The molecule has 0 amide bonds. The van der Waals surface area contributed by atoms with Crippen LogP contribution in [0.3, 0.4) is 0 Å². The highest BCUT2D eigenvalue weighted by Crippen LogP contribution is 2.45. The maximum Gasteiger partial charge on any atom is 0.143 e. The molecule has 8 aromatic carbocycles. The van der Waals surface area contributed by atoms with Gasteiger partial charge in [-0.1, -0.05) is 152 Å². The third-order valence-electron chi connectivity index (χ3n) is 8.74. The summed E-state index contributed by atoms with van der Waals surface area (Å²) >= 11 is 0. The predicted octanol–water partition coefficient (Wildman–Crippen LogP) is 12.6. The van der Waals surface area contributed by atoms with Gasteiger partial charge in [0.15, 0.2) is 0 Å². The Hall–Kier alpha value is -5.92. The van der Waals surface area contributed by atoms with Gasteiger partial charge in [-0.2, -0.15) is 0 Å². The SMILES string of the molecule is [2H]c1c([2H])c(-c2ccccc2)c([2H])c(-c2c3ccccc3c(-c3ccc4oc5c(-c6ccccc6)cccc5c4c3)c3ccccc23)c1[2H]. The molecule has 0 saturated heterocycles. The second kappa shape index (κ2) is 10.4. The van der Waals surface area contributed by atoms with Crippen LogP contribution in [0.2, 0.25) is 0 Å². The summed E-state index contributed by atoms with van der Waals surface area (Å²) in [6.45, 7) is 0. The number of benzene rings is 8. The van der Waals surface area contributed by atoms with Gasteiger partial charge in [-0.05, 0) is 78.7 Å². The largest absolute Gasteiger partial charge is 0.455 e. The summed E-state index contributed by atoms with van der Waals surface area (Å²) in [5.41, 5.74) is 8.06. The Kier molecular flexibility index (Phi) is 5.00. The van der Waals surface area contributed by atoms with Crippen LogP contribution in [0.5, 0.6) is 0 Å². The molecule has 0 aliphatic heterocycles. The summed E-state index contributed by atoms with van der Waals surface area (Å²) in [4.78, 5) is 0. The molecule has 0 spiro atoms. The third kappa shape index (κ3) is 4.17. The van der Waals surface area contributed by atoms with Gasteiger partial charge in [-0.15, -0.1) is 0 Å². The second-order valence-corrected chi connectivity index (χ2v) is 11.3. The van der Waals surface area contributed by atoms with Crippen LogP contribution in [-0.4, -0.2) is 0 Å². The van der Waals surface area contributed by atoms with Crippen LogP contribution in [-0.2, 0) is 0 Å². The number of fused-ring (bicyclic) bond motifs is 5. The number of rotatable bonds is 4. The van der Waals surface area contributed by atoms with E-state index < -0.39 is 0 Å². The highest BCUT2D eigenvalue weighted by molar-refractivity contribution is 6.22. The van der Waals surface area contributed by atoms with Gasteiger partial charge < -0.3 is 4.42 Å². The van der Waals surface area contributed by atoms with Gasteiger partial charge in [0.25, 0.3) is 0 Å². The van der Waals surface area contributed by atoms with Crippen LogP contribution in [0.4, 0.5) is 0 Å². The fourth-order valence-electron chi connectivity index (χ4n) is 6.73. The van der Waals surface area contributed by atoms with E-state index in [0.717, 1.165) is 71.3 Å². The zero-order chi connectivity index (χ0) is 33.2. The Morgan fingerprint density at radius 1 is 0.400 bits per heavy atom. The van der Waals surface area contributed by atoms with Gasteiger partial charge in [-0.25, -0.2) is 0 Å². The monoisotopic (exact) mass is 576 g/mol. The van der Waals surface area contributed by atoms with Crippen LogP contribution >= 0.6 is 0 Å². The van der Waals surface area contributed by atoms with Crippen LogP contribution in [0.15, 0.2) is 174 Å². The highest BCUT2D eigenvalue weighted by Gasteiger charge is 2.19. The number of hydrogen-bond donors (Lipinski definition) is 0. The lowest BCUT2D eigenvalue weighted by molar-refractivity contribution is 0.670. The van der Waals surface area contributed by atoms with E-state index in [1.165, 1.54) is 0 Å². The first kappa shape index (κ1) is 21.7. The number of furan rings is 1. The van der Waals surface area contributed by atoms with E-state index in [0.29, 0.717) is 16.7 Å². The standard InChI is InChI=1S/C44H28O/c1-3-13-29(14-4-1)31-17-11-18-32(27-31)42-35-19-7-9-21-37(35)43(38-22-10-8-20-36(38)42)33-25-26-41-40(28-33)39-24-12-23-34(44(39)45-41)30-15-5-2-6-16-30/h1-28H/i11D,17D,18D,27D. The highest BCUT2D eigenvalue weighted by atomic mass is 16.3. The molecule has 0 unspecified atom stereocenters. The van der Waals surface area contributed by atoms with Gasteiger partial charge in [0.2, 0.25) is 0 Å². The summed E-state index contributed by atoms with van der Waals surface area (Å²) in [7, 11) is 0. The van der Waals surface area contributed by atoms with Crippen LogP contribution in [0.25, 0.3) is 88.0 Å². The van der Waals surface area contributed by atoms with E-state index in [4.69, 9.17) is 8.53 Å². The molecule has 0 bridgehead atoms. The van der Waals surface area contributed by atoms with E-state index in [1.807, 2.05) is 91.0 Å². The third-order valence-corrected chi connectivity index (χ3v) is 8.74. The topological polar surface area (TPSA) is 13.1 Å². The average molecular weight is 577 g/mol. The zero-order valence-corrected chi connectivity index (χ0v) is 24.3. The fraction of sp³-hybridized carbons (Fsp3) is 0. The Bertz CT molecular complexity index is 2690. The van der Waals surface area contributed by atoms with Crippen LogP contribution < -0.4 is 0 Å². The minimum absolute atomic E-state index is 0.0840. The van der Waals surface area contributed by atoms with Crippen molar-refractivity contribution < 1.29 is 9.90 Å². The van der Waals surface area contributed by atoms with Crippen LogP contribution in [0, 0.1) is 0 Å². The quantitative estimate of drug-likeness (QED) is 0.190. The van der Waals surface area contributed by atoms with Crippen molar-refractivity contribution in [2.75, 3.05) is 0 Å². The maximum absolute atomic E-state index is 9.46. The summed E-state index contributed by atoms with van der Waals surface area (Å²) in [5, 5.41) is 5.82. The molecular formula is C44H28O. The number of para-hydroxylation sites is 1. The molecule has 1 heterocycles. The second-order valence-electron chi connectivity index (χ2n) is 11.3. The van der Waals surface area contributed by atoms with Crippen molar-refractivity contribution in [3.63, 3.8) is 0 Å². The number of hydrogen-bond acceptors (Lipinski definition) is 1. The average Bonchev–Trinajstić information content (AvgIpc) is 3.53. The molecule has 45 heavy (non-hydrogen) atoms. The summed E-state index contributed by atoms with van der Waals surface area (Å²) in [6, 6.07) is 48.2. The lowest BCUT2D eigenvalue weighted by Gasteiger charge is -2.18. The van der Waals surface area contributed by atoms with E-state index in [2.05, 4.69) is 54.6 Å². The normalized spacial score (nSPS) is 12.8. The van der Waals surface area contributed by atoms with Gasteiger partial charge in [0.1, 0.15) is 11.2 Å². The summed E-state index contributed by atoms with van der Waals surface area (Å²) in [5.74, 6) is 0. The molecule has 0 radical (unpaired) electrons. The van der Waals surface area contributed by atoms with Crippen molar-refractivity contribution in [2.45, 2.75) is 0 Å². The molecule has 0 fully saturated rings. The molecule has 9 aromatic rings. The first-order valence-electron chi connectivity index (χ1n) is 17.1. The summed E-state index contributed by atoms with van der Waals surface area (Å²) < 4.78 is 42.7. The molecule has 0 saturated carbocycles. The zero-order valence-electron chi connectivity index (χ0n) is 28.3. The van der Waals surface area contributed by atoms with E-state index in [-0.39, 0.29) is 24.2 Å². The Balaban J connectivity index is 1.35. The molecule has 0 aliphatic carbocycles. The fourth-order valence-corrected chi connectivity index (χ4v) is 6.73. The van der Waals surface area contributed by atoms with Crippen molar-refractivity contribution in [1.29, 1.82) is 0 Å². The lowest BCUT2D eigenvalue weighted by atomic mass is 9.85.